The number of hydrogen-bond acceptors (Lipinski definition) is 2. The predicted molar refractivity (Wildman–Crippen MR) is 64.9 cm³/mol. The number of benzene rings is 1. The van der Waals surface area contributed by atoms with Gasteiger partial charge in [-0.05, 0) is 51.4 Å². The molecule has 0 radical (unpaired) electrons. The Labute approximate surface area is 98.6 Å². The molecule has 2 rings (SSSR count). The van der Waals surface area contributed by atoms with Crippen LogP contribution in [0.1, 0.15) is 25.3 Å². The van der Waals surface area contributed by atoms with Crippen LogP contribution in [0.5, 0.6) is 5.75 Å². The molecule has 0 amide bonds. The number of aromatic hydroxyl groups is 1. The van der Waals surface area contributed by atoms with Crippen molar-refractivity contribution in [3.8, 4) is 5.75 Å². The average molecular weight is 270 g/mol. The molecule has 3 heteroatoms. The standard InChI is InChI=1S/C12H16BrNO/c1-12(2)8(6-14)10(12)7-4-3-5-9(15)11(7)13/h3-5,8,10,15H,6,14H2,1-2H3/t8-,10-/m0/s1. The third-order valence-electron chi connectivity index (χ3n) is 3.65. The van der Waals surface area contributed by atoms with Crippen molar-refractivity contribution in [3.05, 3.63) is 28.2 Å². The van der Waals surface area contributed by atoms with Gasteiger partial charge in [0.05, 0.1) is 4.47 Å². The predicted octanol–water partition coefficient (Wildman–Crippen LogP) is 2.85. The Morgan fingerprint density at radius 1 is 1.47 bits per heavy atom. The molecule has 15 heavy (non-hydrogen) atoms. The Kier molecular flexibility index (Phi) is 2.55. The summed E-state index contributed by atoms with van der Waals surface area (Å²) in [4.78, 5) is 0. The molecule has 0 saturated heterocycles. The summed E-state index contributed by atoms with van der Waals surface area (Å²) in [5.74, 6) is 1.30. The van der Waals surface area contributed by atoms with Crippen molar-refractivity contribution in [1.82, 2.24) is 0 Å². The van der Waals surface area contributed by atoms with Crippen LogP contribution in [0.4, 0.5) is 0 Å². The number of halogens is 1. The van der Waals surface area contributed by atoms with E-state index in [4.69, 9.17) is 5.73 Å². The van der Waals surface area contributed by atoms with Crippen LogP contribution < -0.4 is 5.73 Å². The van der Waals surface area contributed by atoms with Crippen LogP contribution >= 0.6 is 15.9 Å². The maximum Gasteiger partial charge on any atom is 0.130 e. The molecule has 0 heterocycles. The highest BCUT2D eigenvalue weighted by atomic mass is 79.9. The first kappa shape index (κ1) is 11.0. The van der Waals surface area contributed by atoms with Crippen molar-refractivity contribution >= 4 is 15.9 Å². The first-order chi connectivity index (χ1) is 7.00. The number of phenols is 1. The van der Waals surface area contributed by atoms with Gasteiger partial charge in [-0.3, -0.25) is 0 Å². The lowest BCUT2D eigenvalue weighted by Crippen LogP contribution is -2.05. The third kappa shape index (κ3) is 1.58. The van der Waals surface area contributed by atoms with Crippen molar-refractivity contribution < 1.29 is 5.11 Å². The van der Waals surface area contributed by atoms with Gasteiger partial charge in [-0.1, -0.05) is 26.0 Å². The highest BCUT2D eigenvalue weighted by Gasteiger charge is 2.57. The van der Waals surface area contributed by atoms with Crippen LogP contribution in [0.2, 0.25) is 0 Å². The lowest BCUT2D eigenvalue weighted by molar-refractivity contribution is 0.470. The van der Waals surface area contributed by atoms with Crippen LogP contribution in [0.3, 0.4) is 0 Å². The van der Waals surface area contributed by atoms with Crippen LogP contribution in [-0.2, 0) is 0 Å². The molecule has 2 atom stereocenters. The van der Waals surface area contributed by atoms with Gasteiger partial charge in [-0.2, -0.15) is 0 Å². The van der Waals surface area contributed by atoms with E-state index in [-0.39, 0.29) is 5.41 Å². The molecule has 1 aromatic carbocycles. The molecule has 2 nitrogen and oxygen atoms in total. The zero-order valence-electron chi connectivity index (χ0n) is 9.00. The van der Waals surface area contributed by atoms with Gasteiger partial charge in [0.15, 0.2) is 0 Å². The highest BCUT2D eigenvalue weighted by molar-refractivity contribution is 9.10. The fourth-order valence-corrected chi connectivity index (χ4v) is 3.09. The van der Waals surface area contributed by atoms with Crippen molar-refractivity contribution in [3.63, 3.8) is 0 Å². The summed E-state index contributed by atoms with van der Waals surface area (Å²) < 4.78 is 0.819. The molecular formula is C12H16BrNO. The summed E-state index contributed by atoms with van der Waals surface area (Å²) in [6, 6.07) is 5.64. The summed E-state index contributed by atoms with van der Waals surface area (Å²) in [6.45, 7) is 5.16. The first-order valence-corrected chi connectivity index (χ1v) is 5.97. The molecule has 0 aromatic heterocycles. The quantitative estimate of drug-likeness (QED) is 0.868. The van der Waals surface area contributed by atoms with Gasteiger partial charge >= 0.3 is 0 Å². The number of nitrogens with two attached hydrogens (primary N) is 1. The Morgan fingerprint density at radius 2 is 2.13 bits per heavy atom. The fourth-order valence-electron chi connectivity index (χ4n) is 2.58. The Morgan fingerprint density at radius 3 is 2.67 bits per heavy atom. The Balaban J connectivity index is 2.37. The van der Waals surface area contributed by atoms with Crippen LogP contribution in [0.15, 0.2) is 22.7 Å². The minimum absolute atomic E-state index is 0.255. The molecule has 1 fully saturated rings. The van der Waals surface area contributed by atoms with E-state index in [1.165, 1.54) is 5.56 Å². The van der Waals surface area contributed by atoms with Crippen molar-refractivity contribution in [2.24, 2.45) is 17.1 Å². The summed E-state index contributed by atoms with van der Waals surface area (Å²) in [5.41, 5.74) is 7.18. The normalized spacial score (nSPS) is 27.7. The lowest BCUT2D eigenvalue weighted by atomic mass is 10.0. The molecule has 1 saturated carbocycles. The zero-order chi connectivity index (χ0) is 11.2. The molecule has 1 aliphatic carbocycles. The van der Waals surface area contributed by atoms with Crippen LogP contribution in [-0.4, -0.2) is 11.7 Å². The van der Waals surface area contributed by atoms with Gasteiger partial charge in [-0.25, -0.2) is 0 Å². The Hall–Kier alpha value is -0.540. The second kappa shape index (κ2) is 3.49. The monoisotopic (exact) mass is 269 g/mol. The van der Waals surface area contributed by atoms with Gasteiger partial charge in [0.1, 0.15) is 5.75 Å². The fraction of sp³-hybridized carbons (Fsp3) is 0.500. The molecule has 82 valence electrons. The zero-order valence-corrected chi connectivity index (χ0v) is 10.6. The van der Waals surface area contributed by atoms with E-state index < -0.39 is 0 Å². The minimum Gasteiger partial charge on any atom is -0.507 e. The second-order valence-corrected chi connectivity index (χ2v) is 5.61. The van der Waals surface area contributed by atoms with Gasteiger partial charge < -0.3 is 10.8 Å². The van der Waals surface area contributed by atoms with Gasteiger partial charge in [-0.15, -0.1) is 0 Å². The van der Waals surface area contributed by atoms with Gasteiger partial charge in [0.2, 0.25) is 0 Å². The van der Waals surface area contributed by atoms with Crippen molar-refractivity contribution in [2.45, 2.75) is 19.8 Å². The topological polar surface area (TPSA) is 46.2 Å². The lowest BCUT2D eigenvalue weighted by Gasteiger charge is -2.07. The number of rotatable bonds is 2. The maximum atomic E-state index is 9.63. The summed E-state index contributed by atoms with van der Waals surface area (Å²) >= 11 is 3.44. The Bertz CT molecular complexity index is 389. The minimum atomic E-state index is 0.255. The second-order valence-electron chi connectivity index (χ2n) is 4.82. The van der Waals surface area contributed by atoms with E-state index in [1.54, 1.807) is 6.07 Å². The summed E-state index contributed by atoms with van der Waals surface area (Å²) in [5, 5.41) is 9.63. The largest absolute Gasteiger partial charge is 0.507 e. The molecule has 1 aliphatic rings. The van der Waals surface area contributed by atoms with E-state index in [1.807, 2.05) is 6.07 Å². The van der Waals surface area contributed by atoms with E-state index in [0.29, 0.717) is 24.1 Å². The van der Waals surface area contributed by atoms with E-state index in [0.717, 1.165) is 4.47 Å². The molecule has 1 aromatic rings. The molecule has 3 N–H and O–H groups in total. The van der Waals surface area contributed by atoms with Crippen molar-refractivity contribution in [2.75, 3.05) is 6.54 Å². The molecular weight excluding hydrogens is 254 g/mol. The van der Waals surface area contributed by atoms with Crippen LogP contribution in [0.25, 0.3) is 0 Å². The van der Waals surface area contributed by atoms with Crippen LogP contribution in [0, 0.1) is 11.3 Å². The summed E-state index contributed by atoms with van der Waals surface area (Å²) in [6.07, 6.45) is 0. The molecule has 0 aliphatic heterocycles. The number of phenolic OH excluding ortho intramolecular Hbond substituents is 1. The van der Waals surface area contributed by atoms with Gasteiger partial charge in [0.25, 0.3) is 0 Å². The van der Waals surface area contributed by atoms with E-state index in [9.17, 15) is 5.11 Å². The highest BCUT2D eigenvalue weighted by Crippen LogP contribution is 2.65. The first-order valence-electron chi connectivity index (χ1n) is 5.17. The molecule has 0 unspecified atom stereocenters. The molecule has 0 spiro atoms. The maximum absolute atomic E-state index is 9.63. The average Bonchev–Trinajstić information content (AvgIpc) is 2.73. The van der Waals surface area contributed by atoms with Gasteiger partial charge in [0, 0.05) is 0 Å². The summed E-state index contributed by atoms with van der Waals surface area (Å²) in [7, 11) is 0. The van der Waals surface area contributed by atoms with E-state index >= 15 is 0 Å². The SMILES string of the molecule is CC1(C)[C@@H](CN)[C@@H]1c1cccc(O)c1Br. The number of hydrogen-bond donors (Lipinski definition) is 2. The molecule has 0 bridgehead atoms. The van der Waals surface area contributed by atoms with E-state index in [2.05, 4.69) is 35.8 Å². The smallest absolute Gasteiger partial charge is 0.130 e. The third-order valence-corrected chi connectivity index (χ3v) is 4.51. The van der Waals surface area contributed by atoms with Crippen molar-refractivity contribution in [1.29, 1.82) is 0 Å².